The third-order valence-electron chi connectivity index (χ3n) is 3.77. The van der Waals surface area contributed by atoms with E-state index in [1.54, 1.807) is 0 Å². The van der Waals surface area contributed by atoms with Crippen LogP contribution in [0.1, 0.15) is 0 Å². The zero-order valence-corrected chi connectivity index (χ0v) is 14.4. The average Bonchev–Trinajstić information content (AvgIpc) is 2.86. The zero-order valence-electron chi connectivity index (χ0n) is 11.3. The molecule has 4 aromatic rings. The summed E-state index contributed by atoms with van der Waals surface area (Å²) in [5, 5.41) is 2.34. The number of hydrogen-bond acceptors (Lipinski definition) is 1. The minimum Gasteiger partial charge on any atom is -0.298 e. The van der Waals surface area contributed by atoms with Crippen LogP contribution in [0.15, 0.2) is 51.5 Å². The Bertz CT molecular complexity index is 1010. The molecule has 0 saturated carbocycles. The number of fused-ring (bicyclic) bond motifs is 5. The van der Waals surface area contributed by atoms with Crippen LogP contribution in [0.4, 0.5) is 0 Å². The Labute approximate surface area is 139 Å². The Kier molecular flexibility index (Phi) is 3.08. The molecule has 0 fully saturated rings. The minimum atomic E-state index is 0.991. The monoisotopic (exact) mass is 399 g/mol. The summed E-state index contributed by atoms with van der Waals surface area (Å²) < 4.78 is 4.29. The molecule has 2 aromatic carbocycles. The van der Waals surface area contributed by atoms with E-state index in [2.05, 4.69) is 80.1 Å². The summed E-state index contributed by atoms with van der Waals surface area (Å²) in [6, 6.07) is 12.5. The van der Waals surface area contributed by atoms with Gasteiger partial charge in [0.2, 0.25) is 0 Å². The van der Waals surface area contributed by atoms with Crippen molar-refractivity contribution in [2.45, 2.75) is 6.82 Å². The van der Waals surface area contributed by atoms with E-state index in [1.165, 1.54) is 5.39 Å². The smallest absolute Gasteiger partial charge is 0.151 e. The molecule has 0 atom stereocenters. The molecule has 21 heavy (non-hydrogen) atoms. The van der Waals surface area contributed by atoms with Gasteiger partial charge < -0.3 is 0 Å². The van der Waals surface area contributed by atoms with Crippen molar-refractivity contribution in [2.24, 2.45) is 0 Å². The van der Waals surface area contributed by atoms with Gasteiger partial charge in [0.05, 0.1) is 11.0 Å². The Hall–Kier alpha value is -1.33. The number of pyridine rings is 1. The number of aromatic nitrogens is 2. The summed E-state index contributed by atoms with van der Waals surface area (Å²) >= 11 is 7.26. The van der Waals surface area contributed by atoms with Crippen LogP contribution in [0, 0.1) is 0 Å². The fourth-order valence-corrected chi connectivity index (χ4v) is 3.81. The van der Waals surface area contributed by atoms with Crippen LogP contribution < -0.4 is 5.46 Å². The van der Waals surface area contributed by atoms with E-state index in [-0.39, 0.29) is 0 Å². The molecule has 0 spiro atoms. The Morgan fingerprint density at radius 1 is 1.10 bits per heavy atom. The summed E-state index contributed by atoms with van der Waals surface area (Å²) in [7, 11) is 2.09. The van der Waals surface area contributed by atoms with Gasteiger partial charge in [0.15, 0.2) is 7.28 Å². The predicted octanol–water partition coefficient (Wildman–Crippen LogP) is 4.54. The predicted molar refractivity (Wildman–Crippen MR) is 96.9 cm³/mol. The van der Waals surface area contributed by atoms with Crippen molar-refractivity contribution in [3.05, 3.63) is 51.5 Å². The molecule has 0 unspecified atom stereocenters. The third kappa shape index (κ3) is 1.94. The molecular formula is C16H10BBr2N2. The van der Waals surface area contributed by atoms with Gasteiger partial charge in [0, 0.05) is 25.9 Å². The summed E-state index contributed by atoms with van der Waals surface area (Å²) in [5.41, 5.74) is 4.27. The highest BCUT2D eigenvalue weighted by Crippen LogP contribution is 2.30. The van der Waals surface area contributed by atoms with E-state index < -0.39 is 0 Å². The minimum absolute atomic E-state index is 0.991. The molecule has 0 bridgehead atoms. The molecule has 5 heteroatoms. The van der Waals surface area contributed by atoms with Gasteiger partial charge in [-0.15, -0.1) is 0 Å². The van der Waals surface area contributed by atoms with Crippen LogP contribution in [0.2, 0.25) is 6.82 Å². The van der Waals surface area contributed by atoms with Crippen molar-refractivity contribution >= 4 is 72.1 Å². The lowest BCUT2D eigenvalue weighted by atomic mass is 9.73. The van der Waals surface area contributed by atoms with E-state index in [0.717, 1.165) is 36.5 Å². The maximum Gasteiger partial charge on any atom is 0.151 e. The molecule has 0 aliphatic carbocycles. The molecule has 0 aliphatic heterocycles. The lowest BCUT2D eigenvalue weighted by Crippen LogP contribution is -2.11. The largest absolute Gasteiger partial charge is 0.298 e. The summed E-state index contributed by atoms with van der Waals surface area (Å²) in [5.74, 6) is 0. The second-order valence-corrected chi connectivity index (χ2v) is 6.75. The van der Waals surface area contributed by atoms with Gasteiger partial charge in [-0.25, -0.2) is 4.98 Å². The highest BCUT2D eigenvalue weighted by Gasteiger charge is 2.13. The molecule has 0 N–H and O–H groups in total. The zero-order chi connectivity index (χ0) is 14.6. The average molecular weight is 401 g/mol. The van der Waals surface area contributed by atoms with Crippen molar-refractivity contribution < 1.29 is 0 Å². The first-order valence-corrected chi connectivity index (χ1v) is 8.25. The number of hydrogen-bond donors (Lipinski definition) is 0. The second-order valence-electron chi connectivity index (χ2n) is 4.98. The van der Waals surface area contributed by atoms with Gasteiger partial charge in [-0.2, -0.15) is 0 Å². The molecule has 0 saturated heterocycles. The third-order valence-corrected chi connectivity index (χ3v) is 4.86. The second kappa shape index (κ2) is 4.85. The van der Waals surface area contributed by atoms with Crippen molar-refractivity contribution in [2.75, 3.05) is 0 Å². The van der Waals surface area contributed by atoms with E-state index in [1.807, 2.05) is 12.9 Å². The molecule has 2 aromatic heterocycles. The normalized spacial score (nSPS) is 11.6. The number of rotatable bonds is 1. The van der Waals surface area contributed by atoms with Gasteiger partial charge in [-0.3, -0.25) is 4.40 Å². The van der Waals surface area contributed by atoms with Crippen molar-refractivity contribution in [1.29, 1.82) is 0 Å². The SMILES string of the molecule is C[B]c1cc(Br)cc2c1nc1c3ccccc3c(Br)cn21. The molecule has 0 aliphatic rings. The molecular weight excluding hydrogens is 391 g/mol. The highest BCUT2D eigenvalue weighted by atomic mass is 79.9. The van der Waals surface area contributed by atoms with Crippen LogP contribution in [0.25, 0.3) is 27.5 Å². The van der Waals surface area contributed by atoms with Crippen LogP contribution in [-0.2, 0) is 0 Å². The van der Waals surface area contributed by atoms with Gasteiger partial charge in [-0.1, -0.05) is 58.5 Å². The first kappa shape index (κ1) is 13.3. The Morgan fingerprint density at radius 2 is 1.86 bits per heavy atom. The van der Waals surface area contributed by atoms with Crippen LogP contribution in [0.3, 0.4) is 0 Å². The maximum atomic E-state index is 4.89. The first-order valence-electron chi connectivity index (χ1n) is 6.67. The number of nitrogens with zero attached hydrogens (tertiary/aromatic N) is 2. The lowest BCUT2D eigenvalue weighted by molar-refractivity contribution is 1.23. The van der Waals surface area contributed by atoms with Crippen LogP contribution in [0.5, 0.6) is 0 Å². The highest BCUT2D eigenvalue weighted by molar-refractivity contribution is 9.11. The number of halogens is 2. The van der Waals surface area contributed by atoms with Crippen LogP contribution >= 0.6 is 31.9 Å². The van der Waals surface area contributed by atoms with Crippen molar-refractivity contribution in [3.63, 3.8) is 0 Å². The number of benzene rings is 2. The molecule has 101 valence electrons. The van der Waals surface area contributed by atoms with Gasteiger partial charge in [0.1, 0.15) is 5.65 Å². The lowest BCUT2D eigenvalue weighted by Gasteiger charge is -2.04. The number of imidazole rings is 1. The maximum absolute atomic E-state index is 4.89. The standard InChI is InChI=1S/C16H10BBr2N2/c1-17-12-6-9(18)7-14-15(12)20-16-11-5-3-2-4-10(11)13(19)8-21(14)16/h2-8H,1H3. The van der Waals surface area contributed by atoms with Crippen molar-refractivity contribution in [3.8, 4) is 0 Å². The van der Waals surface area contributed by atoms with E-state index >= 15 is 0 Å². The summed E-state index contributed by atoms with van der Waals surface area (Å²) in [4.78, 5) is 4.89. The Morgan fingerprint density at radius 3 is 2.62 bits per heavy atom. The van der Waals surface area contributed by atoms with E-state index in [9.17, 15) is 0 Å². The topological polar surface area (TPSA) is 17.3 Å². The fraction of sp³-hybridized carbons (Fsp3) is 0.0625. The quantitative estimate of drug-likeness (QED) is 0.429. The Balaban J connectivity index is 2.29. The summed E-state index contributed by atoms with van der Waals surface area (Å²) in [6.07, 6.45) is 2.10. The van der Waals surface area contributed by atoms with Gasteiger partial charge in [0.25, 0.3) is 0 Å². The fourth-order valence-electron chi connectivity index (χ4n) is 2.79. The molecule has 1 radical (unpaired) electrons. The van der Waals surface area contributed by atoms with Gasteiger partial charge in [-0.05, 0) is 22.0 Å². The van der Waals surface area contributed by atoms with E-state index in [0.29, 0.717) is 0 Å². The molecule has 0 amide bonds. The molecule has 4 rings (SSSR count). The summed E-state index contributed by atoms with van der Waals surface area (Å²) in [6.45, 7) is 2.04. The molecule has 2 heterocycles. The van der Waals surface area contributed by atoms with Crippen molar-refractivity contribution in [1.82, 2.24) is 9.38 Å². The van der Waals surface area contributed by atoms with Gasteiger partial charge >= 0.3 is 0 Å². The first-order chi connectivity index (χ1) is 10.2. The van der Waals surface area contributed by atoms with E-state index in [4.69, 9.17) is 4.98 Å². The molecule has 2 nitrogen and oxygen atoms in total. The van der Waals surface area contributed by atoms with Crippen LogP contribution in [-0.4, -0.2) is 16.7 Å².